The summed E-state index contributed by atoms with van der Waals surface area (Å²) in [7, 11) is 1.41. The monoisotopic (exact) mass is 445 g/mol. The van der Waals surface area contributed by atoms with Gasteiger partial charge in [0.1, 0.15) is 23.1 Å². The van der Waals surface area contributed by atoms with Crippen LogP contribution in [0.2, 0.25) is 0 Å². The number of carbonyl (C=O) groups excluding carboxylic acids is 1. The predicted molar refractivity (Wildman–Crippen MR) is 105 cm³/mol. The third-order valence-corrected chi connectivity index (χ3v) is 4.55. The Hall–Kier alpha value is -3.26. The van der Waals surface area contributed by atoms with Gasteiger partial charge in [-0.2, -0.15) is 0 Å². The van der Waals surface area contributed by atoms with Crippen LogP contribution in [0.15, 0.2) is 63.5 Å². The lowest BCUT2D eigenvalue weighted by Gasteiger charge is -2.02. The van der Waals surface area contributed by atoms with Crippen LogP contribution in [-0.2, 0) is 0 Å². The molecular weight excluding hydrogens is 433 g/mol. The fourth-order valence-corrected chi connectivity index (χ4v) is 3.04. The summed E-state index contributed by atoms with van der Waals surface area (Å²) in [6, 6.07) is 11.6. The highest BCUT2D eigenvalue weighted by atomic mass is 79.9. The van der Waals surface area contributed by atoms with Crippen molar-refractivity contribution in [3.8, 4) is 17.1 Å². The van der Waals surface area contributed by atoms with Gasteiger partial charge in [0.2, 0.25) is 0 Å². The number of carbonyl (C=O) groups is 1. The van der Waals surface area contributed by atoms with E-state index in [9.17, 15) is 19.3 Å². The zero-order chi connectivity index (χ0) is 20.3. The minimum Gasteiger partial charge on any atom is -0.497 e. The van der Waals surface area contributed by atoms with Gasteiger partial charge in [-0.05, 0) is 58.4 Å². The molecule has 6 nitrogen and oxygen atoms in total. The van der Waals surface area contributed by atoms with Crippen molar-refractivity contribution in [3.63, 3.8) is 0 Å². The van der Waals surface area contributed by atoms with Gasteiger partial charge in [0.25, 0.3) is 5.69 Å². The summed E-state index contributed by atoms with van der Waals surface area (Å²) >= 11 is 3.29. The average molecular weight is 446 g/mol. The van der Waals surface area contributed by atoms with Gasteiger partial charge in [-0.1, -0.05) is 0 Å². The molecule has 0 aliphatic heterocycles. The lowest BCUT2D eigenvalue weighted by molar-refractivity contribution is -0.384. The number of benzene rings is 2. The summed E-state index contributed by atoms with van der Waals surface area (Å²) in [5, 5.41) is 10.8. The lowest BCUT2D eigenvalue weighted by Crippen LogP contribution is -1.99. The number of nitrogens with zero attached hydrogens (tertiary/aromatic N) is 1. The van der Waals surface area contributed by atoms with Crippen molar-refractivity contribution >= 4 is 33.5 Å². The molecule has 0 amide bonds. The van der Waals surface area contributed by atoms with E-state index < -0.39 is 16.5 Å². The van der Waals surface area contributed by atoms with Crippen LogP contribution in [0.3, 0.4) is 0 Å². The molecule has 142 valence electrons. The second-order valence-corrected chi connectivity index (χ2v) is 6.52. The highest BCUT2D eigenvalue weighted by Crippen LogP contribution is 2.32. The molecule has 0 atom stereocenters. The van der Waals surface area contributed by atoms with E-state index in [1.807, 2.05) is 0 Å². The summed E-state index contributed by atoms with van der Waals surface area (Å²) in [6.45, 7) is 0. The molecule has 28 heavy (non-hydrogen) atoms. The molecule has 0 saturated heterocycles. The van der Waals surface area contributed by atoms with Crippen LogP contribution < -0.4 is 4.74 Å². The molecule has 0 aliphatic rings. The van der Waals surface area contributed by atoms with E-state index in [1.165, 1.54) is 43.5 Å². The zero-order valence-electron chi connectivity index (χ0n) is 14.5. The SMILES string of the molecule is COc1ccc(C(=O)C=Cc2ccc(-c3ccc([N+](=O)[O-])cc3Br)o2)c(F)c1. The molecule has 1 heterocycles. The van der Waals surface area contributed by atoms with Gasteiger partial charge < -0.3 is 9.15 Å². The highest BCUT2D eigenvalue weighted by Gasteiger charge is 2.13. The largest absolute Gasteiger partial charge is 0.497 e. The molecular formula is C20H13BrFNO5. The maximum absolute atomic E-state index is 14.0. The number of halogens is 2. The maximum Gasteiger partial charge on any atom is 0.270 e. The van der Waals surface area contributed by atoms with E-state index in [2.05, 4.69) is 15.9 Å². The van der Waals surface area contributed by atoms with Gasteiger partial charge >= 0.3 is 0 Å². The summed E-state index contributed by atoms with van der Waals surface area (Å²) in [6.07, 6.45) is 2.63. The predicted octanol–water partition coefficient (Wildman–Crippen LogP) is 5.66. The zero-order valence-corrected chi connectivity index (χ0v) is 16.1. The van der Waals surface area contributed by atoms with Crippen LogP contribution in [0.5, 0.6) is 5.75 Å². The van der Waals surface area contributed by atoms with Crippen LogP contribution in [0.25, 0.3) is 17.4 Å². The molecule has 0 aliphatic carbocycles. The van der Waals surface area contributed by atoms with Gasteiger partial charge in [0.15, 0.2) is 5.78 Å². The molecule has 0 radical (unpaired) electrons. The average Bonchev–Trinajstić information content (AvgIpc) is 3.14. The molecule has 0 N–H and O–H groups in total. The number of methoxy groups -OCH3 is 1. The van der Waals surface area contributed by atoms with Gasteiger partial charge in [0.05, 0.1) is 17.6 Å². The third-order valence-electron chi connectivity index (χ3n) is 3.90. The number of nitro groups is 1. The number of ketones is 1. The first-order valence-electron chi connectivity index (χ1n) is 7.99. The Kier molecular flexibility index (Phi) is 5.70. The summed E-state index contributed by atoms with van der Waals surface area (Å²) in [5.41, 5.74) is 0.495. The number of hydrogen-bond donors (Lipinski definition) is 0. The molecule has 0 unspecified atom stereocenters. The van der Waals surface area contributed by atoms with Crippen LogP contribution in [0.1, 0.15) is 16.1 Å². The molecule has 0 saturated carbocycles. The standard InChI is InChI=1S/C20H13BrFNO5/c1-27-14-3-7-16(18(22)11-14)19(24)8-4-13-5-9-20(28-13)15-6-2-12(23(25)26)10-17(15)21/h2-11H,1H3. The second-order valence-electron chi connectivity index (χ2n) is 5.67. The van der Waals surface area contributed by atoms with Crippen molar-refractivity contribution in [2.45, 2.75) is 0 Å². The Morgan fingerprint density at radius 1 is 1.21 bits per heavy atom. The van der Waals surface area contributed by atoms with E-state index in [1.54, 1.807) is 18.2 Å². The number of nitro benzene ring substituents is 1. The van der Waals surface area contributed by atoms with Crippen molar-refractivity contribution in [1.82, 2.24) is 0 Å². The topological polar surface area (TPSA) is 82.6 Å². The Bertz CT molecular complexity index is 1090. The van der Waals surface area contributed by atoms with Gasteiger partial charge in [0, 0.05) is 28.2 Å². The first kappa shape index (κ1) is 19.5. The molecule has 3 rings (SSSR count). The normalized spacial score (nSPS) is 11.0. The number of allylic oxidation sites excluding steroid dienone is 1. The van der Waals surface area contributed by atoms with Gasteiger partial charge in [-0.25, -0.2) is 4.39 Å². The minimum atomic E-state index is -0.677. The Labute approximate surface area is 167 Å². The van der Waals surface area contributed by atoms with E-state index in [4.69, 9.17) is 9.15 Å². The Balaban J connectivity index is 1.79. The van der Waals surface area contributed by atoms with E-state index >= 15 is 0 Å². The number of hydrogen-bond acceptors (Lipinski definition) is 5. The van der Waals surface area contributed by atoms with Crippen molar-refractivity contribution in [2.75, 3.05) is 7.11 Å². The van der Waals surface area contributed by atoms with E-state index in [0.29, 0.717) is 27.3 Å². The van der Waals surface area contributed by atoms with Crippen LogP contribution in [-0.4, -0.2) is 17.8 Å². The summed E-state index contributed by atoms with van der Waals surface area (Å²) in [4.78, 5) is 22.5. The van der Waals surface area contributed by atoms with Crippen LogP contribution in [0.4, 0.5) is 10.1 Å². The fourth-order valence-electron chi connectivity index (χ4n) is 2.47. The molecule has 8 heteroatoms. The number of ether oxygens (including phenoxy) is 1. The second kappa shape index (κ2) is 8.18. The summed E-state index contributed by atoms with van der Waals surface area (Å²) in [5.74, 6) is -0.0343. The quantitative estimate of drug-likeness (QED) is 0.211. The first-order chi connectivity index (χ1) is 13.4. The maximum atomic E-state index is 14.0. The van der Waals surface area contributed by atoms with Gasteiger partial charge in [-0.15, -0.1) is 0 Å². The smallest absolute Gasteiger partial charge is 0.270 e. The van der Waals surface area contributed by atoms with Crippen molar-refractivity contribution in [1.29, 1.82) is 0 Å². The fraction of sp³-hybridized carbons (Fsp3) is 0.0500. The third kappa shape index (κ3) is 4.17. The van der Waals surface area contributed by atoms with Crippen molar-refractivity contribution in [2.24, 2.45) is 0 Å². The van der Waals surface area contributed by atoms with Gasteiger partial charge in [-0.3, -0.25) is 14.9 Å². The van der Waals surface area contributed by atoms with E-state index in [0.717, 1.165) is 6.07 Å². The molecule has 0 spiro atoms. The lowest BCUT2D eigenvalue weighted by atomic mass is 10.1. The Morgan fingerprint density at radius 2 is 2.00 bits per heavy atom. The number of rotatable bonds is 6. The Morgan fingerprint density at radius 3 is 2.64 bits per heavy atom. The van der Waals surface area contributed by atoms with Crippen molar-refractivity contribution in [3.05, 3.63) is 86.3 Å². The van der Waals surface area contributed by atoms with Crippen molar-refractivity contribution < 1.29 is 23.3 Å². The van der Waals surface area contributed by atoms with Crippen LogP contribution in [0, 0.1) is 15.9 Å². The molecule has 0 bridgehead atoms. The minimum absolute atomic E-state index is 0.0468. The summed E-state index contributed by atoms with van der Waals surface area (Å²) < 4.78 is 25.0. The first-order valence-corrected chi connectivity index (χ1v) is 8.78. The molecule has 3 aromatic rings. The highest BCUT2D eigenvalue weighted by molar-refractivity contribution is 9.10. The molecule has 2 aromatic carbocycles. The molecule has 0 fully saturated rings. The van der Waals surface area contributed by atoms with Crippen LogP contribution >= 0.6 is 15.9 Å². The molecule has 1 aromatic heterocycles. The number of furan rings is 1. The number of non-ortho nitro benzene ring substituents is 1. The van der Waals surface area contributed by atoms with E-state index in [-0.39, 0.29) is 11.3 Å².